The summed E-state index contributed by atoms with van der Waals surface area (Å²) in [4.78, 5) is 2.88. The molecular formula is C31H40Cl2N2O2S. The molecule has 0 spiro atoms. The number of hydrogen-bond donors (Lipinski definition) is 0. The predicted octanol–water partition coefficient (Wildman–Crippen LogP) is 7.29. The average Bonchev–Trinajstić information content (AvgIpc) is 2.92. The van der Waals surface area contributed by atoms with E-state index in [9.17, 15) is 8.42 Å². The molecule has 1 fully saturated rings. The van der Waals surface area contributed by atoms with Gasteiger partial charge in [0.05, 0.1) is 4.90 Å². The molecule has 0 aliphatic carbocycles. The second-order valence-corrected chi connectivity index (χ2v) is 12.8. The molecule has 4 nitrogen and oxygen atoms in total. The summed E-state index contributed by atoms with van der Waals surface area (Å²) in [7, 11) is -1.86. The summed E-state index contributed by atoms with van der Waals surface area (Å²) in [5.74, 6) is 0.886. The fraction of sp³-hybridized carbons (Fsp3) is 0.419. The van der Waals surface area contributed by atoms with E-state index in [2.05, 4.69) is 41.3 Å². The quantitative estimate of drug-likeness (QED) is 0.228. The highest BCUT2D eigenvalue weighted by atomic mass is 35.5. The third-order valence-electron chi connectivity index (χ3n) is 7.67. The Balaban J connectivity index is 0.00000400. The lowest BCUT2D eigenvalue weighted by Gasteiger charge is -2.33. The number of halogens is 2. The zero-order valence-corrected chi connectivity index (χ0v) is 24.6. The van der Waals surface area contributed by atoms with Crippen LogP contribution in [0.25, 0.3) is 0 Å². The van der Waals surface area contributed by atoms with Gasteiger partial charge in [-0.1, -0.05) is 78.7 Å². The Morgan fingerprint density at radius 1 is 0.947 bits per heavy atom. The van der Waals surface area contributed by atoms with Gasteiger partial charge in [-0.3, -0.25) is 0 Å². The number of hydrogen-bond acceptors (Lipinski definition) is 3. The summed E-state index contributed by atoms with van der Waals surface area (Å²) in [5, 5.41) is 0.687. The minimum absolute atomic E-state index is 0. The van der Waals surface area contributed by atoms with Gasteiger partial charge in [-0.15, -0.1) is 12.4 Å². The van der Waals surface area contributed by atoms with Gasteiger partial charge >= 0.3 is 0 Å². The van der Waals surface area contributed by atoms with Crippen molar-refractivity contribution in [3.8, 4) is 0 Å². The third-order valence-corrected chi connectivity index (χ3v) is 9.74. The highest BCUT2D eigenvalue weighted by molar-refractivity contribution is 7.89. The van der Waals surface area contributed by atoms with Gasteiger partial charge in [0.2, 0.25) is 10.0 Å². The van der Waals surface area contributed by atoms with Crippen LogP contribution < -0.4 is 0 Å². The zero-order chi connectivity index (χ0) is 26.1. The summed E-state index contributed by atoms with van der Waals surface area (Å²) in [6.07, 6.45) is 7.12. The van der Waals surface area contributed by atoms with Crippen LogP contribution in [0.5, 0.6) is 0 Å². The Kier molecular flexibility index (Phi) is 12.1. The van der Waals surface area contributed by atoms with Gasteiger partial charge in [0, 0.05) is 18.6 Å². The maximum absolute atomic E-state index is 13.2. The van der Waals surface area contributed by atoms with Gasteiger partial charge < -0.3 is 4.90 Å². The maximum Gasteiger partial charge on any atom is 0.242 e. The lowest BCUT2D eigenvalue weighted by Crippen LogP contribution is -2.36. The number of likely N-dealkylation sites (tertiary alicyclic amines) is 1. The van der Waals surface area contributed by atoms with Gasteiger partial charge in [0.1, 0.15) is 0 Å². The monoisotopic (exact) mass is 574 g/mol. The average molecular weight is 576 g/mol. The molecule has 4 rings (SSSR count). The van der Waals surface area contributed by atoms with E-state index < -0.39 is 10.0 Å². The first-order valence-electron chi connectivity index (χ1n) is 13.4. The molecule has 7 heteroatoms. The van der Waals surface area contributed by atoms with Crippen molar-refractivity contribution < 1.29 is 8.42 Å². The molecule has 1 aliphatic heterocycles. The van der Waals surface area contributed by atoms with Crippen LogP contribution in [-0.2, 0) is 16.4 Å². The van der Waals surface area contributed by atoms with Gasteiger partial charge in [0.15, 0.2) is 0 Å². The minimum atomic E-state index is -3.54. The normalized spacial score (nSPS) is 15.8. The summed E-state index contributed by atoms with van der Waals surface area (Å²) in [6.45, 7) is 3.63. The van der Waals surface area contributed by atoms with E-state index in [0.717, 1.165) is 37.5 Å². The van der Waals surface area contributed by atoms with Crippen molar-refractivity contribution in [2.45, 2.75) is 49.3 Å². The van der Waals surface area contributed by atoms with Crippen molar-refractivity contribution >= 4 is 34.0 Å². The number of rotatable bonds is 12. The van der Waals surface area contributed by atoms with Crippen LogP contribution in [0.15, 0.2) is 89.8 Å². The summed E-state index contributed by atoms with van der Waals surface area (Å²) < 4.78 is 27.8. The predicted molar refractivity (Wildman–Crippen MR) is 161 cm³/mol. The van der Waals surface area contributed by atoms with Crippen molar-refractivity contribution in [1.82, 2.24) is 9.21 Å². The van der Waals surface area contributed by atoms with Crippen molar-refractivity contribution in [1.29, 1.82) is 0 Å². The molecule has 206 valence electrons. The molecular weight excluding hydrogens is 535 g/mol. The molecule has 0 radical (unpaired) electrons. The fourth-order valence-electron chi connectivity index (χ4n) is 5.38. The molecule has 38 heavy (non-hydrogen) atoms. The van der Waals surface area contributed by atoms with E-state index in [4.69, 9.17) is 11.6 Å². The molecule has 3 aromatic rings. The first-order chi connectivity index (χ1) is 17.9. The van der Waals surface area contributed by atoms with E-state index in [1.807, 2.05) is 24.3 Å². The summed E-state index contributed by atoms with van der Waals surface area (Å²) in [5.41, 5.74) is 2.53. The number of benzene rings is 3. The summed E-state index contributed by atoms with van der Waals surface area (Å²) in [6, 6.07) is 27.3. The number of sulfonamides is 1. The molecule has 1 saturated heterocycles. The number of aryl methyl sites for hydroxylation is 1. The van der Waals surface area contributed by atoms with Gasteiger partial charge in [-0.25, -0.2) is 12.7 Å². The molecule has 0 saturated carbocycles. The van der Waals surface area contributed by atoms with Crippen LogP contribution in [0.1, 0.15) is 49.1 Å². The maximum atomic E-state index is 13.2. The number of likely N-dealkylation sites (N-methyl/N-ethyl adjacent to an activating group) is 1. The van der Waals surface area contributed by atoms with Crippen LogP contribution in [0.4, 0.5) is 0 Å². The highest BCUT2D eigenvalue weighted by Gasteiger charge is 2.26. The molecule has 1 heterocycles. The second-order valence-electron chi connectivity index (χ2n) is 10.3. The van der Waals surface area contributed by atoms with Crippen LogP contribution in [0.2, 0.25) is 5.02 Å². The standard InChI is InChI=1S/C31H39ClN2O2S.ClH/c1-33(37(35,36)31-16-6-3-7-17-31)25-29(28-14-9-15-30(32)24-28)20-23-34-21-18-27(19-22-34)13-8-12-26-10-4-2-5-11-26;/h2-7,9-11,14-17,24,27,29H,8,12-13,18-23,25H2,1H3;1H. The minimum Gasteiger partial charge on any atom is -0.303 e. The molecule has 0 amide bonds. The first-order valence-corrected chi connectivity index (χ1v) is 15.3. The van der Waals surface area contributed by atoms with E-state index in [1.54, 1.807) is 31.3 Å². The molecule has 1 atom stereocenters. The Labute approximate surface area is 240 Å². The topological polar surface area (TPSA) is 40.6 Å². The zero-order valence-electron chi connectivity index (χ0n) is 22.2. The van der Waals surface area contributed by atoms with E-state index >= 15 is 0 Å². The largest absolute Gasteiger partial charge is 0.303 e. The Hall–Kier alpha value is -1.89. The van der Waals surface area contributed by atoms with Crippen molar-refractivity contribution in [2.75, 3.05) is 33.2 Å². The Morgan fingerprint density at radius 3 is 2.26 bits per heavy atom. The third kappa shape index (κ3) is 8.82. The number of piperidine rings is 1. The van der Waals surface area contributed by atoms with Gasteiger partial charge in [-0.05, 0) is 99.0 Å². The summed E-state index contributed by atoms with van der Waals surface area (Å²) >= 11 is 6.31. The van der Waals surface area contributed by atoms with Crippen LogP contribution >= 0.6 is 24.0 Å². The van der Waals surface area contributed by atoms with Crippen molar-refractivity contribution in [3.05, 3.63) is 101 Å². The number of nitrogens with zero attached hydrogens (tertiary/aromatic N) is 2. The SMILES string of the molecule is CN(CC(CCN1CCC(CCCc2ccccc2)CC1)c1cccc(Cl)c1)S(=O)(=O)c1ccccc1.Cl. The molecule has 1 unspecified atom stereocenters. The lowest BCUT2D eigenvalue weighted by molar-refractivity contribution is 0.171. The fourth-order valence-corrected chi connectivity index (χ4v) is 6.82. The highest BCUT2D eigenvalue weighted by Crippen LogP contribution is 2.28. The van der Waals surface area contributed by atoms with Gasteiger partial charge in [0.25, 0.3) is 0 Å². The van der Waals surface area contributed by atoms with E-state index in [-0.39, 0.29) is 18.3 Å². The van der Waals surface area contributed by atoms with Crippen LogP contribution in [-0.4, -0.2) is 50.8 Å². The molecule has 3 aromatic carbocycles. The molecule has 0 aromatic heterocycles. The lowest BCUT2D eigenvalue weighted by atomic mass is 9.90. The first kappa shape index (κ1) is 30.6. The van der Waals surface area contributed by atoms with Gasteiger partial charge in [-0.2, -0.15) is 0 Å². The van der Waals surface area contributed by atoms with Crippen LogP contribution in [0.3, 0.4) is 0 Å². The molecule has 0 N–H and O–H groups in total. The molecule has 1 aliphatic rings. The second kappa shape index (κ2) is 15.0. The van der Waals surface area contributed by atoms with Crippen molar-refractivity contribution in [2.24, 2.45) is 5.92 Å². The Morgan fingerprint density at radius 2 is 1.61 bits per heavy atom. The van der Waals surface area contributed by atoms with Crippen molar-refractivity contribution in [3.63, 3.8) is 0 Å². The van der Waals surface area contributed by atoms with E-state index in [0.29, 0.717) is 16.5 Å². The van der Waals surface area contributed by atoms with Crippen LogP contribution in [0, 0.1) is 5.92 Å². The van der Waals surface area contributed by atoms with E-state index in [1.165, 1.54) is 42.0 Å². The Bertz CT molecular complexity index is 1200. The smallest absolute Gasteiger partial charge is 0.242 e. The molecule has 0 bridgehead atoms.